The maximum atomic E-state index is 5.22. The molecule has 0 saturated heterocycles. The number of aryl methyl sites for hydroxylation is 1. The molecule has 1 saturated carbocycles. The van der Waals surface area contributed by atoms with Crippen LogP contribution in [0.2, 0.25) is 0 Å². The van der Waals surface area contributed by atoms with Crippen molar-refractivity contribution in [3.63, 3.8) is 0 Å². The van der Waals surface area contributed by atoms with Crippen molar-refractivity contribution in [2.45, 2.75) is 51.6 Å². The van der Waals surface area contributed by atoms with Crippen LogP contribution >= 0.6 is 0 Å². The van der Waals surface area contributed by atoms with Crippen molar-refractivity contribution in [2.24, 2.45) is 0 Å². The van der Waals surface area contributed by atoms with E-state index in [2.05, 4.69) is 34.9 Å². The van der Waals surface area contributed by atoms with Crippen LogP contribution in [0.3, 0.4) is 0 Å². The van der Waals surface area contributed by atoms with Crippen LogP contribution in [0, 0.1) is 6.92 Å². The Kier molecular flexibility index (Phi) is 3.43. The molecule has 0 aliphatic heterocycles. The van der Waals surface area contributed by atoms with E-state index in [0.717, 1.165) is 11.6 Å². The highest BCUT2D eigenvalue weighted by Crippen LogP contribution is 2.34. The molecule has 1 aliphatic carbocycles. The van der Waals surface area contributed by atoms with E-state index >= 15 is 0 Å². The van der Waals surface area contributed by atoms with E-state index in [0.29, 0.717) is 12.6 Å². The fourth-order valence-electron chi connectivity index (χ4n) is 2.37. The second-order valence-electron chi connectivity index (χ2n) is 5.46. The summed E-state index contributed by atoms with van der Waals surface area (Å²) in [7, 11) is 1.74. The number of imidazole rings is 1. The van der Waals surface area contributed by atoms with Gasteiger partial charge in [0.15, 0.2) is 0 Å². The summed E-state index contributed by atoms with van der Waals surface area (Å²) in [6.45, 7) is 7.16. The number of methoxy groups -OCH3 is 1. The number of nitrogens with zero attached hydrogens (tertiary/aromatic N) is 2. The molecular weight excluding hydrogens is 214 g/mol. The van der Waals surface area contributed by atoms with Crippen molar-refractivity contribution in [1.82, 2.24) is 9.55 Å². The van der Waals surface area contributed by atoms with Crippen LogP contribution in [-0.4, -0.2) is 28.8 Å². The monoisotopic (exact) mass is 237 g/mol. The van der Waals surface area contributed by atoms with Gasteiger partial charge in [0.1, 0.15) is 0 Å². The highest BCUT2D eigenvalue weighted by atomic mass is 16.5. The number of aromatic nitrogens is 2. The molecule has 1 heterocycles. The third-order valence-electron chi connectivity index (χ3n) is 3.61. The first kappa shape index (κ1) is 12.4. The molecule has 0 spiro atoms. The highest BCUT2D eigenvalue weighted by molar-refractivity contribution is 5.34. The first-order valence-electron chi connectivity index (χ1n) is 6.37. The Morgan fingerprint density at radius 1 is 1.59 bits per heavy atom. The van der Waals surface area contributed by atoms with Crippen molar-refractivity contribution in [1.29, 1.82) is 0 Å². The van der Waals surface area contributed by atoms with Gasteiger partial charge in [0.25, 0.3) is 0 Å². The number of nitrogens with one attached hydrogen (secondary N) is 1. The lowest BCUT2D eigenvalue weighted by Crippen LogP contribution is -2.42. The third kappa shape index (κ3) is 2.63. The fourth-order valence-corrected chi connectivity index (χ4v) is 2.37. The zero-order chi connectivity index (χ0) is 12.5. The molecule has 2 rings (SSSR count). The molecule has 1 aliphatic rings. The summed E-state index contributed by atoms with van der Waals surface area (Å²) in [5.41, 5.74) is 1.29. The lowest BCUT2D eigenvalue weighted by molar-refractivity contribution is 0.162. The van der Waals surface area contributed by atoms with Crippen LogP contribution in [-0.2, 0) is 4.74 Å². The van der Waals surface area contributed by atoms with Gasteiger partial charge < -0.3 is 14.6 Å². The van der Waals surface area contributed by atoms with Crippen molar-refractivity contribution < 1.29 is 4.74 Å². The van der Waals surface area contributed by atoms with E-state index in [1.807, 2.05) is 6.92 Å². The van der Waals surface area contributed by atoms with Crippen LogP contribution in [0.4, 0.5) is 5.95 Å². The molecule has 1 aromatic heterocycles. The number of hydrogen-bond acceptors (Lipinski definition) is 3. The Bertz CT molecular complexity index is 382. The molecule has 17 heavy (non-hydrogen) atoms. The second-order valence-corrected chi connectivity index (χ2v) is 5.46. The quantitative estimate of drug-likeness (QED) is 0.856. The SMILES string of the molecule is COCC(C)n1cc(C)nc1NC1(C)CCC1. The molecule has 4 heteroatoms. The lowest BCUT2D eigenvalue weighted by atomic mass is 9.79. The second kappa shape index (κ2) is 4.69. The van der Waals surface area contributed by atoms with Crippen LogP contribution in [0.25, 0.3) is 0 Å². The minimum atomic E-state index is 0.238. The maximum Gasteiger partial charge on any atom is 0.203 e. The van der Waals surface area contributed by atoms with Gasteiger partial charge in [-0.1, -0.05) is 0 Å². The average Bonchev–Trinajstić information content (AvgIpc) is 2.57. The minimum absolute atomic E-state index is 0.238. The van der Waals surface area contributed by atoms with Crippen molar-refractivity contribution in [2.75, 3.05) is 19.0 Å². The van der Waals surface area contributed by atoms with Gasteiger partial charge in [-0.15, -0.1) is 0 Å². The van der Waals surface area contributed by atoms with E-state index in [1.54, 1.807) is 7.11 Å². The van der Waals surface area contributed by atoms with Gasteiger partial charge >= 0.3 is 0 Å². The Morgan fingerprint density at radius 2 is 2.29 bits per heavy atom. The number of hydrogen-bond donors (Lipinski definition) is 1. The molecule has 0 radical (unpaired) electrons. The van der Waals surface area contributed by atoms with E-state index in [4.69, 9.17) is 4.74 Å². The molecule has 1 N–H and O–H groups in total. The summed E-state index contributed by atoms with van der Waals surface area (Å²) in [6.07, 6.45) is 5.87. The predicted octanol–water partition coefficient (Wildman–Crippen LogP) is 2.75. The van der Waals surface area contributed by atoms with Crippen LogP contribution < -0.4 is 5.32 Å². The summed E-state index contributed by atoms with van der Waals surface area (Å²) in [6, 6.07) is 0.312. The molecule has 4 nitrogen and oxygen atoms in total. The van der Waals surface area contributed by atoms with Gasteiger partial charge in [0, 0.05) is 18.8 Å². The third-order valence-corrected chi connectivity index (χ3v) is 3.61. The summed E-state index contributed by atoms with van der Waals surface area (Å²) < 4.78 is 7.40. The molecule has 0 amide bonds. The molecule has 1 fully saturated rings. The molecule has 96 valence electrons. The standard InChI is InChI=1S/C13H23N3O/c1-10-8-16(11(2)9-17-4)12(14-10)15-13(3)6-5-7-13/h8,11H,5-7,9H2,1-4H3,(H,14,15). The van der Waals surface area contributed by atoms with Crippen molar-refractivity contribution in [3.05, 3.63) is 11.9 Å². The normalized spacial score (nSPS) is 19.8. The summed E-state index contributed by atoms with van der Waals surface area (Å²) in [4.78, 5) is 4.58. The van der Waals surface area contributed by atoms with Crippen LogP contribution in [0.15, 0.2) is 6.20 Å². The lowest BCUT2D eigenvalue weighted by Gasteiger charge is -2.39. The van der Waals surface area contributed by atoms with Crippen molar-refractivity contribution in [3.8, 4) is 0 Å². The smallest absolute Gasteiger partial charge is 0.203 e. The van der Waals surface area contributed by atoms with Gasteiger partial charge in [-0.05, 0) is 40.0 Å². The first-order valence-corrected chi connectivity index (χ1v) is 6.37. The molecule has 0 aromatic carbocycles. The largest absolute Gasteiger partial charge is 0.383 e. The highest BCUT2D eigenvalue weighted by Gasteiger charge is 2.33. The number of rotatable bonds is 5. The average molecular weight is 237 g/mol. The van der Waals surface area contributed by atoms with Gasteiger partial charge in [-0.2, -0.15) is 0 Å². The fraction of sp³-hybridized carbons (Fsp3) is 0.769. The van der Waals surface area contributed by atoms with E-state index < -0.39 is 0 Å². The van der Waals surface area contributed by atoms with E-state index in [9.17, 15) is 0 Å². The van der Waals surface area contributed by atoms with Crippen molar-refractivity contribution >= 4 is 5.95 Å². The predicted molar refractivity (Wildman–Crippen MR) is 69.4 cm³/mol. The Balaban J connectivity index is 2.15. The summed E-state index contributed by atoms with van der Waals surface area (Å²) in [5.74, 6) is 0.981. The first-order chi connectivity index (χ1) is 8.04. The Labute approximate surface area is 103 Å². The van der Waals surface area contributed by atoms with E-state index in [1.165, 1.54) is 19.3 Å². The molecular formula is C13H23N3O. The zero-order valence-corrected chi connectivity index (χ0v) is 11.3. The maximum absolute atomic E-state index is 5.22. The Hall–Kier alpha value is -1.03. The Morgan fingerprint density at radius 3 is 2.82 bits per heavy atom. The topological polar surface area (TPSA) is 39.1 Å². The summed E-state index contributed by atoms with van der Waals surface area (Å²) in [5, 5.41) is 3.58. The van der Waals surface area contributed by atoms with Crippen LogP contribution in [0.1, 0.15) is 44.8 Å². The number of ether oxygens (including phenoxy) is 1. The van der Waals surface area contributed by atoms with Gasteiger partial charge in [0.2, 0.25) is 5.95 Å². The van der Waals surface area contributed by atoms with Gasteiger partial charge in [-0.3, -0.25) is 0 Å². The molecule has 0 bridgehead atoms. The van der Waals surface area contributed by atoms with Crippen LogP contribution in [0.5, 0.6) is 0 Å². The number of anilines is 1. The molecule has 1 unspecified atom stereocenters. The van der Waals surface area contributed by atoms with E-state index in [-0.39, 0.29) is 5.54 Å². The molecule has 1 aromatic rings. The minimum Gasteiger partial charge on any atom is -0.383 e. The van der Waals surface area contributed by atoms with Gasteiger partial charge in [0.05, 0.1) is 18.3 Å². The molecule has 1 atom stereocenters. The zero-order valence-electron chi connectivity index (χ0n) is 11.3. The summed E-state index contributed by atoms with van der Waals surface area (Å²) >= 11 is 0. The van der Waals surface area contributed by atoms with Gasteiger partial charge in [-0.25, -0.2) is 4.98 Å².